The number of nitrogens with zero attached hydrogens (tertiary/aromatic N) is 2. The van der Waals surface area contributed by atoms with E-state index < -0.39 is 11.2 Å². The van der Waals surface area contributed by atoms with Crippen molar-refractivity contribution in [3.05, 3.63) is 28.5 Å². The van der Waals surface area contributed by atoms with Crippen LogP contribution in [0.3, 0.4) is 0 Å². The lowest BCUT2D eigenvalue weighted by molar-refractivity contribution is -0.0380. The second-order valence-corrected chi connectivity index (χ2v) is 9.28. The van der Waals surface area contributed by atoms with Gasteiger partial charge < -0.3 is 14.7 Å². The van der Waals surface area contributed by atoms with Crippen molar-refractivity contribution in [3.8, 4) is 0 Å². The van der Waals surface area contributed by atoms with Crippen LogP contribution in [-0.2, 0) is 10.3 Å². The molecule has 5 nitrogen and oxygen atoms in total. The minimum atomic E-state index is -0.836. The summed E-state index contributed by atoms with van der Waals surface area (Å²) in [6.07, 6.45) is 5.68. The van der Waals surface area contributed by atoms with E-state index in [9.17, 15) is 9.90 Å². The fraction of sp³-hybridized carbons (Fsp3) is 0.684. The van der Waals surface area contributed by atoms with Gasteiger partial charge in [0.25, 0.3) is 0 Å². The number of amides is 1. The monoisotopic (exact) mass is 410 g/mol. The molecule has 0 aromatic carbocycles. The van der Waals surface area contributed by atoms with Crippen LogP contribution >= 0.6 is 15.9 Å². The summed E-state index contributed by atoms with van der Waals surface area (Å²) in [4.78, 5) is 18.4. The zero-order chi connectivity index (χ0) is 18.3. The summed E-state index contributed by atoms with van der Waals surface area (Å²) in [6, 6.07) is 3.80. The van der Waals surface area contributed by atoms with Gasteiger partial charge in [0.2, 0.25) is 0 Å². The van der Waals surface area contributed by atoms with Crippen LogP contribution in [0.2, 0.25) is 0 Å². The van der Waals surface area contributed by atoms with Crippen LogP contribution in [0.1, 0.15) is 58.4 Å². The third kappa shape index (κ3) is 4.00. The Morgan fingerprint density at radius 3 is 2.56 bits per heavy atom. The minimum absolute atomic E-state index is 0.109. The summed E-state index contributed by atoms with van der Waals surface area (Å²) in [5.41, 5.74) is -0.325. The lowest BCUT2D eigenvalue weighted by Crippen LogP contribution is -2.41. The van der Waals surface area contributed by atoms with Crippen molar-refractivity contribution in [1.82, 2.24) is 9.88 Å². The molecule has 0 bridgehead atoms. The first kappa shape index (κ1) is 18.6. The molecule has 0 unspecified atom stereocenters. The molecule has 138 valence electrons. The van der Waals surface area contributed by atoms with Crippen LogP contribution in [0.25, 0.3) is 0 Å². The zero-order valence-electron chi connectivity index (χ0n) is 15.2. The molecule has 1 aromatic heterocycles. The Kier molecular flexibility index (Phi) is 4.88. The van der Waals surface area contributed by atoms with Crippen LogP contribution < -0.4 is 0 Å². The van der Waals surface area contributed by atoms with Crippen molar-refractivity contribution in [2.24, 2.45) is 5.41 Å². The summed E-state index contributed by atoms with van der Waals surface area (Å²) in [5.74, 6) is 0. The Morgan fingerprint density at radius 2 is 1.96 bits per heavy atom. The van der Waals surface area contributed by atoms with Gasteiger partial charge in [-0.2, -0.15) is 0 Å². The molecule has 25 heavy (non-hydrogen) atoms. The maximum atomic E-state index is 12.3. The second-order valence-electron chi connectivity index (χ2n) is 8.53. The van der Waals surface area contributed by atoms with Crippen molar-refractivity contribution >= 4 is 22.0 Å². The Hall–Kier alpha value is -1.14. The van der Waals surface area contributed by atoms with E-state index in [-0.39, 0.29) is 11.5 Å². The maximum Gasteiger partial charge on any atom is 0.410 e. The van der Waals surface area contributed by atoms with Crippen molar-refractivity contribution in [2.45, 2.75) is 64.1 Å². The zero-order valence-corrected chi connectivity index (χ0v) is 16.8. The Labute approximate surface area is 157 Å². The molecule has 1 amide bonds. The molecule has 1 N–H and O–H groups in total. The van der Waals surface area contributed by atoms with E-state index in [2.05, 4.69) is 20.9 Å². The Bertz CT molecular complexity index is 648. The number of aliphatic hydroxyl groups is 1. The van der Waals surface area contributed by atoms with Gasteiger partial charge in [0, 0.05) is 24.8 Å². The van der Waals surface area contributed by atoms with E-state index in [1.54, 1.807) is 6.20 Å². The van der Waals surface area contributed by atoms with Gasteiger partial charge in [-0.3, -0.25) is 0 Å². The highest BCUT2D eigenvalue weighted by Crippen LogP contribution is 2.50. The number of halogens is 1. The Balaban J connectivity index is 1.65. The third-order valence-corrected chi connectivity index (χ3v) is 6.12. The van der Waals surface area contributed by atoms with Gasteiger partial charge in [-0.05, 0) is 80.3 Å². The first-order chi connectivity index (χ1) is 11.6. The van der Waals surface area contributed by atoms with E-state index in [0.717, 1.165) is 42.5 Å². The number of rotatable bonds is 1. The van der Waals surface area contributed by atoms with Crippen molar-refractivity contribution in [1.29, 1.82) is 0 Å². The van der Waals surface area contributed by atoms with Crippen LogP contribution in [-0.4, -0.2) is 39.8 Å². The highest BCUT2D eigenvalue weighted by atomic mass is 79.9. The number of pyridine rings is 1. The molecule has 1 saturated carbocycles. The van der Waals surface area contributed by atoms with Crippen LogP contribution in [0.5, 0.6) is 0 Å². The molecule has 3 rings (SSSR count). The molecule has 0 radical (unpaired) electrons. The third-order valence-electron chi connectivity index (χ3n) is 5.49. The molecule has 1 saturated heterocycles. The molecule has 1 aliphatic carbocycles. The maximum absolute atomic E-state index is 12.3. The molecule has 2 aliphatic rings. The average molecular weight is 411 g/mol. The number of carbonyl (C=O) groups excluding carboxylic acids is 1. The van der Waals surface area contributed by atoms with Crippen LogP contribution in [0, 0.1) is 5.41 Å². The fourth-order valence-electron chi connectivity index (χ4n) is 4.02. The summed E-state index contributed by atoms with van der Waals surface area (Å²) in [6.45, 7) is 7.14. The molecule has 0 atom stereocenters. The normalized spacial score (nSPS) is 29.9. The lowest BCUT2D eigenvalue weighted by Gasteiger charge is -2.42. The summed E-state index contributed by atoms with van der Waals surface area (Å²) >= 11 is 3.46. The largest absolute Gasteiger partial charge is 0.444 e. The highest BCUT2D eigenvalue weighted by Gasteiger charge is 2.48. The van der Waals surface area contributed by atoms with E-state index in [4.69, 9.17) is 4.74 Å². The lowest BCUT2D eigenvalue weighted by atomic mass is 9.66. The predicted octanol–water partition coefficient (Wildman–Crippen LogP) is 4.23. The molecular weight excluding hydrogens is 384 g/mol. The van der Waals surface area contributed by atoms with Gasteiger partial charge in [0.15, 0.2) is 0 Å². The molecule has 6 heteroatoms. The molecule has 1 aliphatic heterocycles. The van der Waals surface area contributed by atoms with Gasteiger partial charge in [0.1, 0.15) is 10.2 Å². The highest BCUT2D eigenvalue weighted by molar-refractivity contribution is 9.10. The van der Waals surface area contributed by atoms with Crippen molar-refractivity contribution in [2.75, 3.05) is 13.1 Å². The quantitative estimate of drug-likeness (QED) is 0.703. The topological polar surface area (TPSA) is 62.7 Å². The van der Waals surface area contributed by atoms with Crippen LogP contribution in [0.15, 0.2) is 22.9 Å². The number of aromatic nitrogens is 1. The van der Waals surface area contributed by atoms with E-state index >= 15 is 0 Å². The predicted molar refractivity (Wildman–Crippen MR) is 99.2 cm³/mol. The van der Waals surface area contributed by atoms with Gasteiger partial charge in [-0.1, -0.05) is 6.07 Å². The molecular formula is C19H27BrN2O3. The summed E-state index contributed by atoms with van der Waals surface area (Å²) < 4.78 is 6.22. The van der Waals surface area contributed by atoms with Crippen molar-refractivity contribution < 1.29 is 14.6 Å². The SMILES string of the molecule is CC(C)(C)OC(=O)N1CCC2(CCC(O)(c3cccnc3Br)CC2)C1. The molecule has 1 aromatic rings. The standard InChI is InChI=1S/C19H27BrN2O3/c1-17(2,3)25-16(23)22-12-10-18(13-22)6-8-19(24,9-7-18)14-5-4-11-21-15(14)20/h4-5,11,24H,6-10,12-13H2,1-3H3. The Morgan fingerprint density at radius 1 is 1.28 bits per heavy atom. The minimum Gasteiger partial charge on any atom is -0.444 e. The average Bonchev–Trinajstić information content (AvgIpc) is 2.94. The number of ether oxygens (including phenoxy) is 1. The first-order valence-corrected chi connectivity index (χ1v) is 9.73. The summed E-state index contributed by atoms with van der Waals surface area (Å²) in [5, 5.41) is 11.1. The second kappa shape index (κ2) is 6.54. The number of hydrogen-bond donors (Lipinski definition) is 1. The fourth-order valence-corrected chi connectivity index (χ4v) is 4.64. The van der Waals surface area contributed by atoms with Gasteiger partial charge in [-0.15, -0.1) is 0 Å². The molecule has 2 heterocycles. The number of hydrogen-bond acceptors (Lipinski definition) is 4. The van der Waals surface area contributed by atoms with Gasteiger partial charge in [0.05, 0.1) is 5.60 Å². The van der Waals surface area contributed by atoms with E-state index in [1.165, 1.54) is 0 Å². The van der Waals surface area contributed by atoms with E-state index in [0.29, 0.717) is 12.8 Å². The van der Waals surface area contributed by atoms with E-state index in [1.807, 2.05) is 37.8 Å². The van der Waals surface area contributed by atoms with Gasteiger partial charge in [-0.25, -0.2) is 9.78 Å². The summed E-state index contributed by atoms with van der Waals surface area (Å²) in [7, 11) is 0. The molecule has 1 spiro atoms. The van der Waals surface area contributed by atoms with Crippen LogP contribution in [0.4, 0.5) is 4.79 Å². The van der Waals surface area contributed by atoms with Crippen molar-refractivity contribution in [3.63, 3.8) is 0 Å². The number of carbonyl (C=O) groups is 1. The number of likely N-dealkylation sites (tertiary alicyclic amines) is 1. The first-order valence-electron chi connectivity index (χ1n) is 8.94. The molecule has 2 fully saturated rings. The van der Waals surface area contributed by atoms with Gasteiger partial charge >= 0.3 is 6.09 Å². The smallest absolute Gasteiger partial charge is 0.410 e.